The van der Waals surface area contributed by atoms with E-state index >= 15 is 0 Å². The molecule has 0 fully saturated rings. The summed E-state index contributed by atoms with van der Waals surface area (Å²) in [6, 6.07) is 3.80. The molecule has 0 spiro atoms. The summed E-state index contributed by atoms with van der Waals surface area (Å²) in [6.45, 7) is 4.79. The number of alkyl halides is 3. The molecule has 1 rings (SSSR count). The fraction of sp³-hybridized carbons (Fsp3) is 0.500. The summed E-state index contributed by atoms with van der Waals surface area (Å²) in [7, 11) is 0. The normalized spacial score (nSPS) is 14.1. The molecule has 0 aromatic heterocycles. The number of benzene rings is 1. The summed E-state index contributed by atoms with van der Waals surface area (Å²) in [5.74, 6) is -0.349. The predicted molar refractivity (Wildman–Crippen MR) is 70.2 cm³/mol. The van der Waals surface area contributed by atoms with Crippen LogP contribution in [0.15, 0.2) is 22.7 Å². The van der Waals surface area contributed by atoms with Crippen molar-refractivity contribution in [3.05, 3.63) is 22.7 Å². The van der Waals surface area contributed by atoms with Gasteiger partial charge in [-0.05, 0) is 39.0 Å². The van der Waals surface area contributed by atoms with Gasteiger partial charge in [0.15, 0.2) is 5.75 Å². The van der Waals surface area contributed by atoms with E-state index in [1.807, 2.05) is 0 Å². The van der Waals surface area contributed by atoms with Crippen molar-refractivity contribution >= 4 is 21.6 Å². The number of ether oxygens (including phenoxy) is 1. The maximum atomic E-state index is 12.3. The first kappa shape index (κ1) is 16.1. The van der Waals surface area contributed by atoms with Crippen LogP contribution < -0.4 is 10.1 Å². The lowest BCUT2D eigenvalue weighted by molar-refractivity contribution is -0.274. The summed E-state index contributed by atoms with van der Waals surface area (Å²) in [4.78, 5) is 0. The van der Waals surface area contributed by atoms with Gasteiger partial charge in [-0.25, -0.2) is 0 Å². The van der Waals surface area contributed by atoms with Crippen molar-refractivity contribution < 1.29 is 23.0 Å². The standard InChI is InChI=1S/C12H15BrF3NO2/c1-7(11(2,3)18)17-9-5-4-8(13)6-10(9)19-12(14,15)16/h4-7,17-18H,1-3H3. The van der Waals surface area contributed by atoms with E-state index < -0.39 is 18.0 Å². The minimum Gasteiger partial charge on any atom is -0.404 e. The van der Waals surface area contributed by atoms with Crippen LogP contribution in [-0.2, 0) is 0 Å². The number of aliphatic hydroxyl groups is 1. The zero-order valence-electron chi connectivity index (χ0n) is 10.7. The lowest BCUT2D eigenvalue weighted by Gasteiger charge is -2.28. The Kier molecular flexibility index (Phi) is 4.73. The highest BCUT2D eigenvalue weighted by Gasteiger charge is 2.33. The Bertz CT molecular complexity index is 444. The van der Waals surface area contributed by atoms with Crippen molar-refractivity contribution in [2.24, 2.45) is 0 Å². The summed E-state index contributed by atoms with van der Waals surface area (Å²) in [6.07, 6.45) is -4.77. The van der Waals surface area contributed by atoms with Crippen LogP contribution in [0, 0.1) is 0 Å². The molecule has 19 heavy (non-hydrogen) atoms. The molecular formula is C12H15BrF3NO2. The molecule has 0 bridgehead atoms. The summed E-state index contributed by atoms with van der Waals surface area (Å²) in [5.41, 5.74) is -0.919. The Morgan fingerprint density at radius 3 is 2.37 bits per heavy atom. The smallest absolute Gasteiger partial charge is 0.404 e. The maximum absolute atomic E-state index is 12.3. The first-order valence-electron chi connectivity index (χ1n) is 5.53. The number of halogens is 4. The molecule has 0 amide bonds. The summed E-state index contributed by atoms with van der Waals surface area (Å²) < 4.78 is 41.3. The number of hydrogen-bond acceptors (Lipinski definition) is 3. The van der Waals surface area contributed by atoms with Crippen LogP contribution in [0.1, 0.15) is 20.8 Å². The Balaban J connectivity index is 3.00. The third-order valence-electron chi connectivity index (χ3n) is 2.60. The van der Waals surface area contributed by atoms with Crippen molar-refractivity contribution in [1.82, 2.24) is 0 Å². The third kappa shape index (κ3) is 5.28. The fourth-order valence-electron chi connectivity index (χ4n) is 1.23. The van der Waals surface area contributed by atoms with Gasteiger partial charge in [0.1, 0.15) is 0 Å². The minimum absolute atomic E-state index is 0.162. The van der Waals surface area contributed by atoms with Crippen LogP contribution >= 0.6 is 15.9 Å². The number of anilines is 1. The van der Waals surface area contributed by atoms with Gasteiger partial charge in [0.05, 0.1) is 17.3 Å². The van der Waals surface area contributed by atoms with E-state index in [1.165, 1.54) is 12.1 Å². The molecule has 7 heteroatoms. The molecule has 1 aromatic rings. The van der Waals surface area contributed by atoms with Crippen molar-refractivity contribution in [1.29, 1.82) is 0 Å². The first-order valence-corrected chi connectivity index (χ1v) is 6.32. The maximum Gasteiger partial charge on any atom is 0.573 e. The second-order valence-electron chi connectivity index (χ2n) is 4.71. The van der Waals surface area contributed by atoms with Crippen molar-refractivity contribution in [2.45, 2.75) is 38.8 Å². The quantitative estimate of drug-likeness (QED) is 0.872. The average Bonchev–Trinajstić information content (AvgIpc) is 2.18. The van der Waals surface area contributed by atoms with E-state index in [0.29, 0.717) is 4.47 Å². The van der Waals surface area contributed by atoms with Gasteiger partial charge in [-0.1, -0.05) is 15.9 Å². The molecule has 0 aliphatic carbocycles. The molecule has 108 valence electrons. The molecular weight excluding hydrogens is 327 g/mol. The molecule has 0 saturated carbocycles. The molecule has 0 radical (unpaired) electrons. The molecule has 1 atom stereocenters. The molecule has 0 saturated heterocycles. The van der Waals surface area contributed by atoms with Crippen molar-refractivity contribution in [2.75, 3.05) is 5.32 Å². The highest BCUT2D eigenvalue weighted by molar-refractivity contribution is 9.10. The van der Waals surface area contributed by atoms with E-state index in [2.05, 4.69) is 26.0 Å². The van der Waals surface area contributed by atoms with Gasteiger partial charge in [-0.15, -0.1) is 13.2 Å². The Morgan fingerprint density at radius 1 is 1.32 bits per heavy atom. The largest absolute Gasteiger partial charge is 0.573 e. The lowest BCUT2D eigenvalue weighted by atomic mass is 10.0. The van der Waals surface area contributed by atoms with E-state index in [9.17, 15) is 18.3 Å². The van der Waals surface area contributed by atoms with Gasteiger partial charge in [0, 0.05) is 4.47 Å². The molecule has 0 heterocycles. The van der Waals surface area contributed by atoms with Crippen LogP contribution in [0.3, 0.4) is 0 Å². The summed E-state index contributed by atoms with van der Waals surface area (Å²) >= 11 is 3.09. The van der Waals surface area contributed by atoms with Crippen molar-refractivity contribution in [3.63, 3.8) is 0 Å². The minimum atomic E-state index is -4.77. The second kappa shape index (κ2) is 5.58. The van der Waals surface area contributed by atoms with E-state index in [-0.39, 0.29) is 11.4 Å². The molecule has 3 nitrogen and oxygen atoms in total. The molecule has 1 unspecified atom stereocenters. The summed E-state index contributed by atoms with van der Waals surface area (Å²) in [5, 5.41) is 12.6. The van der Waals surface area contributed by atoms with Crippen LogP contribution in [0.4, 0.5) is 18.9 Å². The lowest BCUT2D eigenvalue weighted by Crippen LogP contribution is -2.39. The first-order chi connectivity index (χ1) is 8.49. The zero-order chi connectivity index (χ0) is 14.8. The monoisotopic (exact) mass is 341 g/mol. The van der Waals surface area contributed by atoms with E-state index in [4.69, 9.17) is 0 Å². The average molecular weight is 342 g/mol. The van der Waals surface area contributed by atoms with Crippen LogP contribution in [0.25, 0.3) is 0 Å². The third-order valence-corrected chi connectivity index (χ3v) is 3.09. The Morgan fingerprint density at radius 2 is 1.89 bits per heavy atom. The van der Waals surface area contributed by atoms with E-state index in [1.54, 1.807) is 26.8 Å². The van der Waals surface area contributed by atoms with Gasteiger partial charge in [-0.2, -0.15) is 0 Å². The van der Waals surface area contributed by atoms with Crippen molar-refractivity contribution in [3.8, 4) is 5.75 Å². The Labute approximate surface area is 117 Å². The van der Waals surface area contributed by atoms with Gasteiger partial charge in [0.25, 0.3) is 0 Å². The van der Waals surface area contributed by atoms with Gasteiger partial charge in [-0.3, -0.25) is 0 Å². The van der Waals surface area contributed by atoms with Crippen LogP contribution in [-0.4, -0.2) is 23.1 Å². The number of nitrogens with one attached hydrogen (secondary N) is 1. The fourth-order valence-corrected chi connectivity index (χ4v) is 1.57. The number of rotatable bonds is 4. The van der Waals surface area contributed by atoms with Crippen LogP contribution in [0.2, 0.25) is 0 Å². The SMILES string of the molecule is CC(Nc1ccc(Br)cc1OC(F)(F)F)C(C)(C)O. The highest BCUT2D eigenvalue weighted by Crippen LogP contribution is 2.34. The number of hydrogen-bond donors (Lipinski definition) is 2. The molecule has 1 aromatic carbocycles. The van der Waals surface area contributed by atoms with Crippen LogP contribution in [0.5, 0.6) is 5.75 Å². The molecule has 0 aliphatic heterocycles. The second-order valence-corrected chi connectivity index (χ2v) is 5.62. The highest BCUT2D eigenvalue weighted by atomic mass is 79.9. The van der Waals surface area contributed by atoms with E-state index in [0.717, 1.165) is 0 Å². The van der Waals surface area contributed by atoms with Gasteiger partial charge in [0.2, 0.25) is 0 Å². The Hall–Kier alpha value is -0.950. The zero-order valence-corrected chi connectivity index (χ0v) is 12.3. The van der Waals surface area contributed by atoms with Gasteiger partial charge >= 0.3 is 6.36 Å². The molecule has 2 N–H and O–H groups in total. The topological polar surface area (TPSA) is 41.5 Å². The van der Waals surface area contributed by atoms with Gasteiger partial charge < -0.3 is 15.2 Å². The molecule has 0 aliphatic rings. The predicted octanol–water partition coefficient (Wildman–Crippen LogP) is 3.92.